The van der Waals surface area contributed by atoms with E-state index in [1.165, 1.54) is 0 Å². The topological polar surface area (TPSA) is 64.3 Å². The summed E-state index contributed by atoms with van der Waals surface area (Å²) in [5, 5.41) is 0. The molecule has 1 rings (SSSR count). The Bertz CT molecular complexity index is 279. The second-order valence-electron chi connectivity index (χ2n) is 3.05. The maximum Gasteiger partial charge on any atom is 0.226 e. The van der Waals surface area contributed by atoms with Crippen molar-refractivity contribution in [2.45, 2.75) is 6.42 Å². The zero-order chi connectivity index (χ0) is 10.4. The number of nitrogens with two attached hydrogens (primary N) is 1. The minimum atomic E-state index is 0.494. The van der Waals surface area contributed by atoms with Crippen molar-refractivity contribution in [3.63, 3.8) is 0 Å². The molecular weight excluding hydrogens is 180 g/mol. The maximum absolute atomic E-state index is 5.55. The van der Waals surface area contributed by atoms with Gasteiger partial charge in [0.25, 0.3) is 0 Å². The van der Waals surface area contributed by atoms with E-state index in [9.17, 15) is 0 Å². The molecule has 78 valence electrons. The second kappa shape index (κ2) is 5.39. The zero-order valence-corrected chi connectivity index (χ0v) is 8.60. The number of rotatable bonds is 5. The van der Waals surface area contributed by atoms with Crippen LogP contribution in [0.2, 0.25) is 0 Å². The number of hydrogen-bond acceptors (Lipinski definition) is 5. The van der Waals surface area contributed by atoms with Crippen LogP contribution in [-0.4, -0.2) is 37.3 Å². The maximum atomic E-state index is 5.55. The predicted octanol–water partition coefficient (Wildman–Crippen LogP) is 0.531. The lowest BCUT2D eigenvalue weighted by molar-refractivity contribution is 0.196. The van der Waals surface area contributed by atoms with Gasteiger partial charge in [0.2, 0.25) is 5.95 Å². The average molecular weight is 196 g/mol. The first-order valence-electron chi connectivity index (χ1n) is 4.52. The molecule has 0 radical (unpaired) electrons. The number of anilines is 2. The molecule has 0 saturated carbocycles. The van der Waals surface area contributed by atoms with Gasteiger partial charge in [-0.3, -0.25) is 0 Å². The molecular formula is C9H16N4O. The van der Waals surface area contributed by atoms with Crippen molar-refractivity contribution in [2.24, 2.45) is 0 Å². The van der Waals surface area contributed by atoms with E-state index >= 15 is 0 Å². The first-order chi connectivity index (χ1) is 6.74. The highest BCUT2D eigenvalue weighted by molar-refractivity contribution is 5.36. The van der Waals surface area contributed by atoms with Crippen molar-refractivity contribution in [3.8, 4) is 0 Å². The molecule has 0 aliphatic carbocycles. The van der Waals surface area contributed by atoms with Crippen molar-refractivity contribution in [2.75, 3.05) is 37.9 Å². The molecule has 5 nitrogen and oxygen atoms in total. The molecule has 0 unspecified atom stereocenters. The van der Waals surface area contributed by atoms with E-state index in [2.05, 4.69) is 9.97 Å². The standard InChI is InChI=1S/C9H16N4O/c1-13(6-3-7-14-2)9-11-5-4-8(10)12-9/h4-5H,3,6-7H2,1-2H3,(H2,10,11,12). The van der Waals surface area contributed by atoms with Crippen LogP contribution in [0.1, 0.15) is 6.42 Å². The van der Waals surface area contributed by atoms with Crippen molar-refractivity contribution < 1.29 is 4.74 Å². The molecule has 0 saturated heterocycles. The molecule has 1 aromatic heterocycles. The lowest BCUT2D eigenvalue weighted by atomic mass is 10.4. The Morgan fingerprint density at radius 2 is 2.36 bits per heavy atom. The van der Waals surface area contributed by atoms with Crippen molar-refractivity contribution in [1.29, 1.82) is 0 Å². The third-order valence-corrected chi connectivity index (χ3v) is 1.85. The van der Waals surface area contributed by atoms with Gasteiger partial charge in [-0.1, -0.05) is 0 Å². The predicted molar refractivity (Wildman–Crippen MR) is 56.2 cm³/mol. The van der Waals surface area contributed by atoms with E-state index in [0.29, 0.717) is 11.8 Å². The van der Waals surface area contributed by atoms with Crippen LogP contribution < -0.4 is 10.6 Å². The third kappa shape index (κ3) is 3.18. The summed E-state index contributed by atoms with van der Waals surface area (Å²) >= 11 is 0. The Morgan fingerprint density at radius 3 is 3.00 bits per heavy atom. The van der Waals surface area contributed by atoms with Crippen LogP contribution in [0.25, 0.3) is 0 Å². The van der Waals surface area contributed by atoms with Crippen LogP contribution in [-0.2, 0) is 4.74 Å². The van der Waals surface area contributed by atoms with E-state index in [0.717, 1.165) is 19.6 Å². The van der Waals surface area contributed by atoms with Crippen LogP contribution >= 0.6 is 0 Å². The van der Waals surface area contributed by atoms with Crippen LogP contribution in [0.15, 0.2) is 12.3 Å². The molecule has 2 N–H and O–H groups in total. The molecule has 0 aliphatic heterocycles. The van der Waals surface area contributed by atoms with Crippen molar-refractivity contribution >= 4 is 11.8 Å². The molecule has 1 heterocycles. The van der Waals surface area contributed by atoms with Crippen LogP contribution in [0.3, 0.4) is 0 Å². The Balaban J connectivity index is 2.47. The normalized spacial score (nSPS) is 10.1. The van der Waals surface area contributed by atoms with Crippen molar-refractivity contribution in [1.82, 2.24) is 9.97 Å². The van der Waals surface area contributed by atoms with E-state index in [1.54, 1.807) is 19.4 Å². The fourth-order valence-electron chi connectivity index (χ4n) is 1.09. The minimum Gasteiger partial charge on any atom is -0.385 e. The van der Waals surface area contributed by atoms with E-state index < -0.39 is 0 Å². The first kappa shape index (κ1) is 10.7. The summed E-state index contributed by atoms with van der Waals surface area (Å²) in [5.41, 5.74) is 5.55. The molecule has 0 amide bonds. The van der Waals surface area contributed by atoms with E-state index in [-0.39, 0.29) is 0 Å². The largest absolute Gasteiger partial charge is 0.385 e. The van der Waals surface area contributed by atoms with E-state index in [4.69, 9.17) is 10.5 Å². The van der Waals surface area contributed by atoms with Crippen LogP contribution in [0.5, 0.6) is 0 Å². The van der Waals surface area contributed by atoms with Gasteiger partial charge in [-0.25, -0.2) is 4.98 Å². The minimum absolute atomic E-state index is 0.494. The highest BCUT2D eigenvalue weighted by atomic mass is 16.5. The van der Waals surface area contributed by atoms with Gasteiger partial charge in [-0.2, -0.15) is 4.98 Å². The summed E-state index contributed by atoms with van der Waals surface area (Å²) in [6.45, 7) is 1.60. The molecule has 0 atom stereocenters. The van der Waals surface area contributed by atoms with Crippen molar-refractivity contribution in [3.05, 3.63) is 12.3 Å². The monoisotopic (exact) mass is 196 g/mol. The van der Waals surface area contributed by atoms with E-state index in [1.807, 2.05) is 11.9 Å². The number of aromatic nitrogens is 2. The zero-order valence-electron chi connectivity index (χ0n) is 8.60. The third-order valence-electron chi connectivity index (χ3n) is 1.85. The van der Waals surface area contributed by atoms with Gasteiger partial charge >= 0.3 is 0 Å². The molecule has 14 heavy (non-hydrogen) atoms. The SMILES string of the molecule is COCCCN(C)c1nccc(N)n1. The van der Waals surface area contributed by atoms with Crippen LogP contribution in [0.4, 0.5) is 11.8 Å². The smallest absolute Gasteiger partial charge is 0.226 e. The lowest BCUT2D eigenvalue weighted by Crippen LogP contribution is -2.22. The van der Waals surface area contributed by atoms with Gasteiger partial charge in [-0.15, -0.1) is 0 Å². The molecule has 1 aromatic rings. The summed E-state index contributed by atoms with van der Waals surface area (Å²) < 4.78 is 4.96. The van der Waals surface area contributed by atoms with Gasteiger partial charge in [0.1, 0.15) is 5.82 Å². The van der Waals surface area contributed by atoms with Crippen LogP contribution in [0, 0.1) is 0 Å². The van der Waals surface area contributed by atoms with Gasteiger partial charge in [0.15, 0.2) is 0 Å². The number of methoxy groups -OCH3 is 1. The Hall–Kier alpha value is -1.36. The summed E-state index contributed by atoms with van der Waals surface area (Å²) in [7, 11) is 3.63. The van der Waals surface area contributed by atoms with Gasteiger partial charge in [0, 0.05) is 33.5 Å². The number of nitrogens with zero attached hydrogens (tertiary/aromatic N) is 3. The highest BCUT2D eigenvalue weighted by Crippen LogP contribution is 2.06. The Labute approximate surface area is 83.9 Å². The second-order valence-corrected chi connectivity index (χ2v) is 3.05. The average Bonchev–Trinajstić information content (AvgIpc) is 2.18. The number of ether oxygens (including phenoxy) is 1. The molecule has 0 aromatic carbocycles. The Morgan fingerprint density at radius 1 is 1.57 bits per heavy atom. The Kier molecular flexibility index (Phi) is 4.12. The molecule has 0 spiro atoms. The molecule has 0 bridgehead atoms. The molecule has 0 aliphatic rings. The summed E-state index contributed by atoms with van der Waals surface area (Å²) in [5.74, 6) is 1.15. The number of hydrogen-bond donors (Lipinski definition) is 1. The highest BCUT2D eigenvalue weighted by Gasteiger charge is 2.03. The number of nitrogen functional groups attached to an aromatic ring is 1. The van der Waals surface area contributed by atoms with Gasteiger partial charge < -0.3 is 15.4 Å². The summed E-state index contributed by atoms with van der Waals surface area (Å²) in [4.78, 5) is 10.2. The quantitative estimate of drug-likeness (QED) is 0.696. The summed E-state index contributed by atoms with van der Waals surface area (Å²) in [6.07, 6.45) is 2.61. The molecule has 5 heteroatoms. The lowest BCUT2D eigenvalue weighted by Gasteiger charge is -2.16. The first-order valence-corrected chi connectivity index (χ1v) is 4.52. The van der Waals surface area contributed by atoms with Gasteiger partial charge in [0.05, 0.1) is 0 Å². The molecule has 0 fully saturated rings. The fraction of sp³-hybridized carbons (Fsp3) is 0.556. The van der Waals surface area contributed by atoms with Gasteiger partial charge in [-0.05, 0) is 12.5 Å². The summed E-state index contributed by atoms with van der Waals surface area (Å²) in [6, 6.07) is 1.67. The fourth-order valence-corrected chi connectivity index (χ4v) is 1.09.